The summed E-state index contributed by atoms with van der Waals surface area (Å²) in [6.07, 6.45) is 5.02. The minimum absolute atomic E-state index is 0.482. The van der Waals surface area contributed by atoms with E-state index in [1.54, 1.807) is 0 Å². The number of rotatable bonds is 4. The molecule has 1 fully saturated rings. The lowest BCUT2D eigenvalue weighted by molar-refractivity contribution is 0.0823. The van der Waals surface area contributed by atoms with E-state index >= 15 is 0 Å². The highest BCUT2D eigenvalue weighted by Gasteiger charge is 2.13. The molecule has 0 bridgehead atoms. The zero-order valence-electron chi connectivity index (χ0n) is 6.21. The van der Waals surface area contributed by atoms with Crippen molar-refractivity contribution in [3.05, 3.63) is 0 Å². The lowest BCUT2D eigenvalue weighted by Crippen LogP contribution is -2.08. The average Bonchev–Trinajstić information content (AvgIpc) is 2.41. The summed E-state index contributed by atoms with van der Waals surface area (Å²) in [5, 5.41) is 0. The van der Waals surface area contributed by atoms with Crippen LogP contribution in [0.5, 0.6) is 0 Å². The smallest absolute Gasteiger partial charge is 0.0680 e. The first-order valence-corrected chi connectivity index (χ1v) is 3.87. The minimum Gasteiger partial charge on any atom is -0.378 e. The van der Waals surface area contributed by atoms with E-state index in [1.165, 1.54) is 12.8 Å². The highest BCUT2D eigenvalue weighted by Crippen LogP contribution is 2.16. The predicted octanol–water partition coefficient (Wildman–Crippen LogP) is 0.836. The van der Waals surface area contributed by atoms with Crippen LogP contribution in [0.3, 0.4) is 0 Å². The zero-order chi connectivity index (χ0) is 7.23. The summed E-state index contributed by atoms with van der Waals surface area (Å²) in [5.41, 5.74) is 0. The molecule has 1 atom stereocenters. The maximum atomic E-state index is 5.40. The van der Waals surface area contributed by atoms with Crippen LogP contribution in [0, 0.1) is 0 Å². The van der Waals surface area contributed by atoms with Crippen LogP contribution < -0.4 is 5.90 Å². The third-order valence-electron chi connectivity index (χ3n) is 1.81. The van der Waals surface area contributed by atoms with E-state index < -0.39 is 0 Å². The molecular weight excluding hydrogens is 130 g/mol. The number of hydrogen-bond acceptors (Lipinski definition) is 3. The maximum Gasteiger partial charge on any atom is 0.0680 e. The van der Waals surface area contributed by atoms with Gasteiger partial charge in [-0.15, -0.1) is 0 Å². The van der Waals surface area contributed by atoms with Crippen LogP contribution in [-0.2, 0) is 9.57 Å². The topological polar surface area (TPSA) is 44.5 Å². The molecule has 1 aliphatic heterocycles. The normalized spacial score (nSPS) is 25.5. The SMILES string of the molecule is NOCCCC1CCCO1. The van der Waals surface area contributed by atoms with Gasteiger partial charge in [-0.1, -0.05) is 0 Å². The van der Waals surface area contributed by atoms with Gasteiger partial charge in [-0.2, -0.15) is 0 Å². The largest absolute Gasteiger partial charge is 0.378 e. The van der Waals surface area contributed by atoms with Gasteiger partial charge in [-0.05, 0) is 25.7 Å². The molecule has 0 saturated carbocycles. The van der Waals surface area contributed by atoms with Crippen molar-refractivity contribution < 1.29 is 9.57 Å². The monoisotopic (exact) mass is 145 g/mol. The average molecular weight is 145 g/mol. The Kier molecular flexibility index (Phi) is 3.72. The fourth-order valence-electron chi connectivity index (χ4n) is 1.27. The molecular formula is C7H15NO2. The summed E-state index contributed by atoms with van der Waals surface area (Å²) in [6, 6.07) is 0. The summed E-state index contributed by atoms with van der Waals surface area (Å²) in [6.45, 7) is 1.59. The highest BCUT2D eigenvalue weighted by atomic mass is 16.6. The number of hydrogen-bond donors (Lipinski definition) is 1. The van der Waals surface area contributed by atoms with Crippen LogP contribution in [0.2, 0.25) is 0 Å². The van der Waals surface area contributed by atoms with E-state index in [0.29, 0.717) is 12.7 Å². The first-order chi connectivity index (χ1) is 4.93. The van der Waals surface area contributed by atoms with Crippen LogP contribution in [0.4, 0.5) is 0 Å². The van der Waals surface area contributed by atoms with E-state index in [2.05, 4.69) is 4.84 Å². The van der Waals surface area contributed by atoms with E-state index in [1.807, 2.05) is 0 Å². The first-order valence-electron chi connectivity index (χ1n) is 3.87. The van der Waals surface area contributed by atoms with Gasteiger partial charge in [0, 0.05) is 6.61 Å². The molecule has 10 heavy (non-hydrogen) atoms. The van der Waals surface area contributed by atoms with Gasteiger partial charge >= 0.3 is 0 Å². The van der Waals surface area contributed by atoms with Crippen LogP contribution in [0.15, 0.2) is 0 Å². The first kappa shape index (κ1) is 7.98. The molecule has 0 amide bonds. The minimum atomic E-state index is 0.482. The van der Waals surface area contributed by atoms with Gasteiger partial charge in [0.15, 0.2) is 0 Å². The molecule has 1 aliphatic rings. The second-order valence-electron chi connectivity index (χ2n) is 2.65. The van der Waals surface area contributed by atoms with E-state index in [-0.39, 0.29) is 0 Å². The Labute approximate surface area is 61.4 Å². The Morgan fingerprint density at radius 2 is 2.50 bits per heavy atom. The van der Waals surface area contributed by atoms with E-state index in [0.717, 1.165) is 19.4 Å². The Balaban J connectivity index is 1.91. The second kappa shape index (κ2) is 4.66. The van der Waals surface area contributed by atoms with Crippen molar-refractivity contribution in [2.45, 2.75) is 31.8 Å². The van der Waals surface area contributed by atoms with Gasteiger partial charge in [-0.25, -0.2) is 5.90 Å². The Hall–Kier alpha value is -0.120. The third-order valence-corrected chi connectivity index (χ3v) is 1.81. The van der Waals surface area contributed by atoms with Gasteiger partial charge in [0.25, 0.3) is 0 Å². The fourth-order valence-corrected chi connectivity index (χ4v) is 1.27. The van der Waals surface area contributed by atoms with Crippen molar-refractivity contribution >= 4 is 0 Å². The number of nitrogens with two attached hydrogens (primary N) is 1. The lowest BCUT2D eigenvalue weighted by atomic mass is 10.1. The molecule has 1 heterocycles. The van der Waals surface area contributed by atoms with Crippen molar-refractivity contribution in [1.82, 2.24) is 0 Å². The molecule has 0 radical (unpaired) electrons. The lowest BCUT2D eigenvalue weighted by Gasteiger charge is -2.06. The highest BCUT2D eigenvalue weighted by molar-refractivity contribution is 4.63. The summed E-state index contributed by atoms with van der Waals surface area (Å²) >= 11 is 0. The molecule has 0 aromatic carbocycles. The predicted molar refractivity (Wildman–Crippen MR) is 38.3 cm³/mol. The van der Waals surface area contributed by atoms with Gasteiger partial charge in [0.2, 0.25) is 0 Å². The van der Waals surface area contributed by atoms with Crippen molar-refractivity contribution in [2.24, 2.45) is 5.90 Å². The van der Waals surface area contributed by atoms with Crippen LogP contribution in [0.25, 0.3) is 0 Å². The van der Waals surface area contributed by atoms with Crippen molar-refractivity contribution in [2.75, 3.05) is 13.2 Å². The summed E-state index contributed by atoms with van der Waals surface area (Å²) in [7, 11) is 0. The molecule has 3 nitrogen and oxygen atoms in total. The van der Waals surface area contributed by atoms with Gasteiger partial charge < -0.3 is 9.57 Å². The molecule has 0 spiro atoms. The Morgan fingerprint density at radius 1 is 1.60 bits per heavy atom. The summed E-state index contributed by atoms with van der Waals surface area (Å²) in [4.78, 5) is 4.45. The quantitative estimate of drug-likeness (QED) is 0.471. The van der Waals surface area contributed by atoms with Gasteiger partial charge in [0.05, 0.1) is 12.7 Å². The van der Waals surface area contributed by atoms with Crippen LogP contribution >= 0.6 is 0 Å². The second-order valence-corrected chi connectivity index (χ2v) is 2.65. The molecule has 1 rings (SSSR count). The molecule has 2 N–H and O–H groups in total. The molecule has 1 unspecified atom stereocenters. The van der Waals surface area contributed by atoms with E-state index in [9.17, 15) is 0 Å². The fraction of sp³-hybridized carbons (Fsp3) is 1.00. The molecule has 1 saturated heterocycles. The van der Waals surface area contributed by atoms with Crippen molar-refractivity contribution in [3.63, 3.8) is 0 Å². The third kappa shape index (κ3) is 2.64. The van der Waals surface area contributed by atoms with Crippen LogP contribution in [0.1, 0.15) is 25.7 Å². The van der Waals surface area contributed by atoms with Crippen molar-refractivity contribution in [3.8, 4) is 0 Å². The Morgan fingerprint density at radius 3 is 3.10 bits per heavy atom. The molecule has 60 valence electrons. The van der Waals surface area contributed by atoms with Gasteiger partial charge in [0.1, 0.15) is 0 Å². The summed E-state index contributed by atoms with van der Waals surface area (Å²) < 4.78 is 5.40. The van der Waals surface area contributed by atoms with E-state index in [4.69, 9.17) is 10.6 Å². The maximum absolute atomic E-state index is 5.40. The number of ether oxygens (including phenoxy) is 1. The molecule has 3 heteroatoms. The molecule has 0 aliphatic carbocycles. The molecule has 0 aromatic heterocycles. The summed E-state index contributed by atoms with van der Waals surface area (Å²) in [5.74, 6) is 4.87. The van der Waals surface area contributed by atoms with Gasteiger partial charge in [-0.3, -0.25) is 0 Å². The molecule has 0 aromatic rings. The Bertz CT molecular complexity index is 81.7. The van der Waals surface area contributed by atoms with Crippen LogP contribution in [-0.4, -0.2) is 19.3 Å². The van der Waals surface area contributed by atoms with Crippen molar-refractivity contribution in [1.29, 1.82) is 0 Å². The standard InChI is InChI=1S/C7H15NO2/c8-10-6-2-4-7-3-1-5-9-7/h7H,1-6,8H2. The zero-order valence-corrected chi connectivity index (χ0v) is 6.21.